The molecule has 0 amide bonds. The van der Waals surface area contributed by atoms with Crippen LogP contribution in [0.1, 0.15) is 31.1 Å². The van der Waals surface area contributed by atoms with Gasteiger partial charge < -0.3 is 9.64 Å². The van der Waals surface area contributed by atoms with Gasteiger partial charge in [-0.2, -0.15) is 0 Å². The summed E-state index contributed by atoms with van der Waals surface area (Å²) in [4.78, 5) is 26.1. The molecule has 0 saturated carbocycles. The largest absolute Gasteiger partial charge is 0.451 e. The number of carbonyl (C=O) groups is 2. The van der Waals surface area contributed by atoms with Crippen molar-refractivity contribution in [3.05, 3.63) is 90.5 Å². The van der Waals surface area contributed by atoms with Crippen LogP contribution >= 0.6 is 0 Å². The van der Waals surface area contributed by atoms with Gasteiger partial charge in [-0.15, -0.1) is 0 Å². The van der Waals surface area contributed by atoms with Crippen LogP contribution in [0.25, 0.3) is 0 Å². The molecule has 4 heteroatoms. The molecule has 0 atom stereocenters. The monoisotopic (exact) mass is 373 g/mol. The Bertz CT molecular complexity index is 909. The maximum atomic E-state index is 12.7. The first-order valence-electron chi connectivity index (χ1n) is 9.13. The normalized spacial score (nSPS) is 11.0. The number of para-hydroxylation sites is 2. The number of hydrogen-bond donors (Lipinski definition) is 0. The number of ketones is 1. The van der Waals surface area contributed by atoms with Gasteiger partial charge >= 0.3 is 5.97 Å². The first-order valence-corrected chi connectivity index (χ1v) is 9.13. The lowest BCUT2D eigenvalue weighted by Crippen LogP contribution is -2.36. The van der Waals surface area contributed by atoms with Gasteiger partial charge in [0.2, 0.25) is 5.78 Å². The van der Waals surface area contributed by atoms with Crippen molar-refractivity contribution in [2.24, 2.45) is 0 Å². The Kier molecular flexibility index (Phi) is 5.59. The molecular formula is C24H23NO3. The molecule has 0 aliphatic carbocycles. The minimum absolute atomic E-state index is 0.236. The molecule has 142 valence electrons. The number of ether oxygens (including phenoxy) is 1. The Morgan fingerprint density at radius 3 is 1.57 bits per heavy atom. The molecule has 4 nitrogen and oxygen atoms in total. The van der Waals surface area contributed by atoms with Crippen molar-refractivity contribution >= 4 is 28.8 Å². The van der Waals surface area contributed by atoms with Crippen LogP contribution < -0.4 is 4.90 Å². The van der Waals surface area contributed by atoms with E-state index < -0.39 is 11.6 Å². The standard InChI is InChI=1S/C24H23NO3/c1-18(26)28-24(2,3)23(27)19-14-16-22(17-15-19)25(20-10-6-4-7-11-20)21-12-8-5-9-13-21/h4-17H,1-3H3. The van der Waals surface area contributed by atoms with E-state index in [2.05, 4.69) is 4.90 Å². The number of esters is 1. The highest BCUT2D eigenvalue weighted by atomic mass is 16.6. The van der Waals surface area contributed by atoms with Gasteiger partial charge in [0.25, 0.3) is 0 Å². The average Bonchev–Trinajstić information content (AvgIpc) is 2.69. The van der Waals surface area contributed by atoms with Crippen LogP contribution in [0.4, 0.5) is 17.1 Å². The molecule has 0 saturated heterocycles. The summed E-state index contributed by atoms with van der Waals surface area (Å²) in [6.07, 6.45) is 0. The van der Waals surface area contributed by atoms with E-state index in [9.17, 15) is 9.59 Å². The van der Waals surface area contributed by atoms with Crippen molar-refractivity contribution in [3.8, 4) is 0 Å². The second-order valence-corrected chi connectivity index (χ2v) is 6.99. The summed E-state index contributed by atoms with van der Waals surface area (Å²) in [6.45, 7) is 4.51. The highest BCUT2D eigenvalue weighted by Gasteiger charge is 2.31. The van der Waals surface area contributed by atoms with Crippen LogP contribution in [0.15, 0.2) is 84.9 Å². The SMILES string of the molecule is CC(=O)OC(C)(C)C(=O)c1ccc(N(c2ccccc2)c2ccccc2)cc1. The highest BCUT2D eigenvalue weighted by molar-refractivity contribution is 6.03. The first-order chi connectivity index (χ1) is 13.4. The molecule has 0 unspecified atom stereocenters. The van der Waals surface area contributed by atoms with Crippen LogP contribution in [-0.4, -0.2) is 17.4 Å². The van der Waals surface area contributed by atoms with Crippen LogP contribution in [0, 0.1) is 0 Å². The molecule has 0 aliphatic rings. The lowest BCUT2D eigenvalue weighted by atomic mass is 9.96. The van der Waals surface area contributed by atoms with Gasteiger partial charge in [0.1, 0.15) is 0 Å². The third-order valence-corrected chi connectivity index (χ3v) is 4.36. The number of hydrogen-bond acceptors (Lipinski definition) is 4. The third kappa shape index (κ3) is 4.29. The van der Waals surface area contributed by atoms with E-state index >= 15 is 0 Å². The minimum atomic E-state index is -1.20. The van der Waals surface area contributed by atoms with Gasteiger partial charge in [0.05, 0.1) is 0 Å². The summed E-state index contributed by atoms with van der Waals surface area (Å²) in [5.41, 5.74) is 2.27. The molecule has 3 aromatic rings. The maximum Gasteiger partial charge on any atom is 0.303 e. The number of anilines is 3. The van der Waals surface area contributed by atoms with E-state index in [0.717, 1.165) is 17.1 Å². The second-order valence-electron chi connectivity index (χ2n) is 6.99. The Labute approximate surface area is 165 Å². The van der Waals surface area contributed by atoms with E-state index in [1.54, 1.807) is 26.0 Å². The summed E-state index contributed by atoms with van der Waals surface area (Å²) in [5.74, 6) is -0.713. The van der Waals surface area contributed by atoms with Crippen molar-refractivity contribution < 1.29 is 14.3 Å². The molecule has 0 fully saturated rings. The van der Waals surface area contributed by atoms with Gasteiger partial charge in [0.15, 0.2) is 5.60 Å². The predicted molar refractivity (Wildman–Crippen MR) is 111 cm³/mol. The number of carbonyl (C=O) groups excluding carboxylic acids is 2. The summed E-state index contributed by atoms with van der Waals surface area (Å²) >= 11 is 0. The summed E-state index contributed by atoms with van der Waals surface area (Å²) in [5, 5.41) is 0. The molecule has 3 rings (SSSR count). The van der Waals surface area contributed by atoms with Crippen LogP contribution in [-0.2, 0) is 9.53 Å². The molecule has 0 spiro atoms. The fraction of sp³-hybridized carbons (Fsp3) is 0.167. The predicted octanol–water partition coefficient (Wildman–Crippen LogP) is 5.68. The van der Waals surface area contributed by atoms with Crippen molar-refractivity contribution in [2.75, 3.05) is 4.90 Å². The fourth-order valence-corrected chi connectivity index (χ4v) is 3.12. The van der Waals surface area contributed by atoms with E-state index in [0.29, 0.717) is 5.56 Å². The van der Waals surface area contributed by atoms with E-state index in [-0.39, 0.29) is 5.78 Å². The molecule has 0 aromatic heterocycles. The molecule has 0 heterocycles. The summed E-state index contributed by atoms with van der Waals surface area (Å²) < 4.78 is 5.17. The molecule has 0 aliphatic heterocycles. The van der Waals surface area contributed by atoms with Crippen LogP contribution in [0.3, 0.4) is 0 Å². The zero-order chi connectivity index (χ0) is 20.1. The van der Waals surface area contributed by atoms with Crippen LogP contribution in [0.5, 0.6) is 0 Å². The van der Waals surface area contributed by atoms with Crippen molar-refractivity contribution in [3.63, 3.8) is 0 Å². The molecule has 28 heavy (non-hydrogen) atoms. The zero-order valence-corrected chi connectivity index (χ0v) is 16.3. The van der Waals surface area contributed by atoms with E-state index in [4.69, 9.17) is 4.74 Å². The van der Waals surface area contributed by atoms with Gasteiger partial charge in [-0.25, -0.2) is 0 Å². The first kappa shape index (κ1) is 19.4. The molecule has 0 radical (unpaired) electrons. The molecule has 0 N–H and O–H groups in total. The smallest absolute Gasteiger partial charge is 0.303 e. The number of nitrogens with zero attached hydrogens (tertiary/aromatic N) is 1. The quantitative estimate of drug-likeness (QED) is 0.412. The topological polar surface area (TPSA) is 46.6 Å². The van der Waals surface area contributed by atoms with Gasteiger partial charge in [-0.05, 0) is 62.4 Å². The number of Topliss-reactive ketones (excluding diaryl/α,β-unsaturated/α-hetero) is 1. The maximum absolute atomic E-state index is 12.7. The Morgan fingerprint density at radius 1 is 0.714 bits per heavy atom. The van der Waals surface area contributed by atoms with Gasteiger partial charge in [0, 0.05) is 29.5 Å². The Morgan fingerprint density at radius 2 is 1.14 bits per heavy atom. The average molecular weight is 373 g/mol. The Hall–Kier alpha value is -3.40. The molecule has 0 bridgehead atoms. The van der Waals surface area contributed by atoms with Gasteiger partial charge in [-0.3, -0.25) is 9.59 Å². The van der Waals surface area contributed by atoms with Crippen molar-refractivity contribution in [1.82, 2.24) is 0 Å². The summed E-state index contributed by atoms with van der Waals surface area (Å²) in [6, 6.07) is 27.4. The zero-order valence-electron chi connectivity index (χ0n) is 16.3. The third-order valence-electron chi connectivity index (χ3n) is 4.36. The van der Waals surface area contributed by atoms with E-state index in [1.165, 1.54) is 6.92 Å². The molecular weight excluding hydrogens is 350 g/mol. The fourth-order valence-electron chi connectivity index (χ4n) is 3.12. The van der Waals surface area contributed by atoms with Gasteiger partial charge in [-0.1, -0.05) is 36.4 Å². The Balaban J connectivity index is 1.95. The number of rotatable bonds is 6. The lowest BCUT2D eigenvalue weighted by Gasteiger charge is -2.26. The lowest BCUT2D eigenvalue weighted by molar-refractivity contribution is -0.149. The highest BCUT2D eigenvalue weighted by Crippen LogP contribution is 2.34. The summed E-state index contributed by atoms with van der Waals surface area (Å²) in [7, 11) is 0. The van der Waals surface area contributed by atoms with Crippen molar-refractivity contribution in [2.45, 2.75) is 26.4 Å². The number of benzene rings is 3. The van der Waals surface area contributed by atoms with E-state index in [1.807, 2.05) is 72.8 Å². The molecule has 3 aromatic carbocycles. The van der Waals surface area contributed by atoms with Crippen molar-refractivity contribution in [1.29, 1.82) is 0 Å². The second kappa shape index (κ2) is 8.09. The minimum Gasteiger partial charge on any atom is -0.451 e. The van der Waals surface area contributed by atoms with Crippen LogP contribution in [0.2, 0.25) is 0 Å².